The summed E-state index contributed by atoms with van der Waals surface area (Å²) < 4.78 is 36.0. The Kier molecular flexibility index (Phi) is 7.83. The normalized spacial score (nSPS) is 12.0. The number of sulfonamides is 1. The van der Waals surface area contributed by atoms with Gasteiger partial charge in [0, 0.05) is 17.8 Å². The molecule has 5 aromatic rings. The molecule has 0 aliphatic rings. The van der Waals surface area contributed by atoms with Crippen LogP contribution in [-0.2, 0) is 23.1 Å². The maximum Gasteiger partial charge on any atom is 0.290 e. The summed E-state index contributed by atoms with van der Waals surface area (Å²) in [6, 6.07) is 22.5. The van der Waals surface area contributed by atoms with Gasteiger partial charge in [-0.05, 0) is 67.9 Å². The lowest BCUT2D eigenvalue weighted by atomic mass is 10.1. The Bertz CT molecular complexity index is 1790. The average molecular weight is 576 g/mol. The number of nitrogens with zero attached hydrogens (tertiary/aromatic N) is 4. The van der Waals surface area contributed by atoms with Gasteiger partial charge in [-0.15, -0.1) is 0 Å². The molecular weight excluding hydrogens is 550 g/mol. The van der Waals surface area contributed by atoms with Crippen LogP contribution in [0.15, 0.2) is 99.5 Å². The predicted octanol–water partition coefficient (Wildman–Crippen LogP) is 5.35. The average Bonchev–Trinajstić information content (AvgIpc) is 3.52. The van der Waals surface area contributed by atoms with Crippen molar-refractivity contribution in [3.05, 3.63) is 124 Å². The van der Waals surface area contributed by atoms with Crippen LogP contribution in [0.4, 0.5) is 0 Å². The fraction of sp³-hybridized carbons (Fsp3) is 0.138. The third kappa shape index (κ3) is 5.99. The van der Waals surface area contributed by atoms with Gasteiger partial charge in [-0.1, -0.05) is 47.5 Å². The Morgan fingerprint density at radius 1 is 1.02 bits per heavy atom. The van der Waals surface area contributed by atoms with Crippen LogP contribution in [0.25, 0.3) is 5.65 Å². The third-order valence-electron chi connectivity index (χ3n) is 6.22. The van der Waals surface area contributed by atoms with E-state index in [1.54, 1.807) is 41.8 Å². The first-order valence-corrected chi connectivity index (χ1v) is 14.2. The zero-order chi connectivity index (χ0) is 28.3. The van der Waals surface area contributed by atoms with E-state index in [4.69, 9.17) is 16.0 Å². The summed E-state index contributed by atoms with van der Waals surface area (Å²) in [7, 11) is -3.87. The molecule has 5 rings (SSSR count). The number of pyridine rings is 1. The van der Waals surface area contributed by atoms with Gasteiger partial charge in [0.1, 0.15) is 22.9 Å². The topological polar surface area (TPSA) is 109 Å². The Labute approximate surface area is 236 Å². The van der Waals surface area contributed by atoms with E-state index in [1.807, 2.05) is 49.4 Å². The van der Waals surface area contributed by atoms with Gasteiger partial charge in [0.05, 0.1) is 23.3 Å². The number of aryl methyl sites for hydroxylation is 2. The Morgan fingerprint density at radius 3 is 2.52 bits per heavy atom. The molecule has 0 spiro atoms. The fourth-order valence-electron chi connectivity index (χ4n) is 4.20. The number of hydrogen-bond acceptors (Lipinski definition) is 6. The highest BCUT2D eigenvalue weighted by Gasteiger charge is 2.26. The Hall–Kier alpha value is -4.25. The highest BCUT2D eigenvalue weighted by molar-refractivity contribution is 7.89. The number of hydrazone groups is 1. The van der Waals surface area contributed by atoms with Gasteiger partial charge in [0.2, 0.25) is 10.0 Å². The van der Waals surface area contributed by atoms with Gasteiger partial charge in [0.25, 0.3) is 5.91 Å². The summed E-state index contributed by atoms with van der Waals surface area (Å²) in [6.07, 6.45) is 3.12. The Morgan fingerprint density at radius 2 is 1.77 bits per heavy atom. The molecule has 0 bridgehead atoms. The number of furan rings is 1. The number of hydrogen-bond donors (Lipinski definition) is 1. The summed E-state index contributed by atoms with van der Waals surface area (Å²) >= 11 is 5.98. The minimum absolute atomic E-state index is 0.0138. The number of benzene rings is 2. The van der Waals surface area contributed by atoms with Crippen LogP contribution >= 0.6 is 11.6 Å². The summed E-state index contributed by atoms with van der Waals surface area (Å²) in [5.41, 5.74) is 6.03. The summed E-state index contributed by atoms with van der Waals surface area (Å²) in [6.45, 7) is 3.86. The molecule has 9 nitrogen and oxygen atoms in total. The van der Waals surface area contributed by atoms with Crippen molar-refractivity contribution >= 4 is 39.4 Å². The van der Waals surface area contributed by atoms with Crippen LogP contribution < -0.4 is 5.43 Å². The summed E-state index contributed by atoms with van der Waals surface area (Å²) in [4.78, 5) is 17.3. The second-order valence-corrected chi connectivity index (χ2v) is 11.6. The molecule has 0 saturated carbocycles. The first-order valence-electron chi connectivity index (χ1n) is 12.4. The molecule has 0 atom stereocenters. The summed E-state index contributed by atoms with van der Waals surface area (Å²) in [5.74, 6) is 0.344. The molecule has 0 fully saturated rings. The molecule has 3 heterocycles. The fourth-order valence-corrected chi connectivity index (χ4v) is 5.72. The van der Waals surface area contributed by atoms with Crippen LogP contribution in [0.3, 0.4) is 0 Å². The van der Waals surface area contributed by atoms with E-state index in [9.17, 15) is 13.2 Å². The van der Waals surface area contributed by atoms with Crippen molar-refractivity contribution in [2.24, 2.45) is 5.10 Å². The smallest absolute Gasteiger partial charge is 0.290 e. The van der Waals surface area contributed by atoms with E-state index < -0.39 is 15.9 Å². The zero-order valence-electron chi connectivity index (χ0n) is 21.8. The van der Waals surface area contributed by atoms with Crippen molar-refractivity contribution in [2.45, 2.75) is 31.8 Å². The number of fused-ring (bicyclic) bond motifs is 1. The third-order valence-corrected chi connectivity index (χ3v) is 8.28. The summed E-state index contributed by atoms with van der Waals surface area (Å²) in [5, 5.41) is 4.46. The van der Waals surface area contributed by atoms with Crippen molar-refractivity contribution in [1.29, 1.82) is 0 Å². The number of imidazole rings is 1. The van der Waals surface area contributed by atoms with E-state index in [2.05, 4.69) is 15.5 Å². The minimum atomic E-state index is -3.87. The van der Waals surface area contributed by atoms with E-state index in [1.165, 1.54) is 22.7 Å². The molecular formula is C29H26ClN5O4S. The molecule has 0 saturated heterocycles. The molecule has 0 unspecified atom stereocenters. The molecule has 3 aromatic heterocycles. The molecule has 0 radical (unpaired) electrons. The lowest BCUT2D eigenvalue weighted by Crippen LogP contribution is -2.30. The number of carbonyl (C=O) groups excluding carboxylic acids is 1. The zero-order valence-corrected chi connectivity index (χ0v) is 23.4. The van der Waals surface area contributed by atoms with E-state index in [0.29, 0.717) is 33.6 Å². The van der Waals surface area contributed by atoms with Gasteiger partial charge >= 0.3 is 0 Å². The number of nitrogens with one attached hydrogen (secondary N) is 1. The number of carbonyl (C=O) groups is 1. The van der Waals surface area contributed by atoms with Crippen molar-refractivity contribution in [3.8, 4) is 0 Å². The van der Waals surface area contributed by atoms with Gasteiger partial charge in [-0.25, -0.2) is 18.8 Å². The molecule has 1 amide bonds. The van der Waals surface area contributed by atoms with E-state index in [-0.39, 0.29) is 18.0 Å². The van der Waals surface area contributed by atoms with Gasteiger partial charge in [-0.3, -0.25) is 9.20 Å². The predicted molar refractivity (Wildman–Crippen MR) is 153 cm³/mol. The lowest BCUT2D eigenvalue weighted by Gasteiger charge is -2.21. The van der Waals surface area contributed by atoms with E-state index in [0.717, 1.165) is 11.1 Å². The molecule has 0 aliphatic heterocycles. The molecule has 40 heavy (non-hydrogen) atoms. The van der Waals surface area contributed by atoms with E-state index >= 15 is 0 Å². The molecule has 0 aliphatic carbocycles. The van der Waals surface area contributed by atoms with Crippen LogP contribution in [0, 0.1) is 13.8 Å². The minimum Gasteiger partial charge on any atom is -0.459 e. The first kappa shape index (κ1) is 27.3. The number of amides is 1. The molecule has 1 N–H and O–H groups in total. The molecule has 11 heteroatoms. The lowest BCUT2D eigenvalue weighted by molar-refractivity contribution is 0.0948. The number of halogens is 1. The largest absolute Gasteiger partial charge is 0.459 e. The number of rotatable bonds is 9. The molecule has 204 valence electrons. The van der Waals surface area contributed by atoms with Crippen molar-refractivity contribution in [3.63, 3.8) is 0 Å². The standard InChI is InChI=1S/C29H26ClN5O4S/c1-20-6-8-22(9-7-20)18-34(40(37,38)26-14-10-23(30)11-15-26)19-25-13-12-24(39-25)17-31-33-29(36)28-21(2)32-27-5-3-4-16-35(27)28/h3-17H,18-19H2,1-2H3,(H,33,36)/b31-17+. The highest BCUT2D eigenvalue weighted by atomic mass is 35.5. The Balaban J connectivity index is 1.33. The van der Waals surface area contributed by atoms with Gasteiger partial charge in [0.15, 0.2) is 0 Å². The van der Waals surface area contributed by atoms with Gasteiger partial charge < -0.3 is 4.42 Å². The van der Waals surface area contributed by atoms with Crippen LogP contribution in [-0.4, -0.2) is 34.2 Å². The monoisotopic (exact) mass is 575 g/mol. The number of aromatic nitrogens is 2. The quantitative estimate of drug-likeness (QED) is 0.188. The first-order chi connectivity index (χ1) is 19.2. The van der Waals surface area contributed by atoms with Gasteiger partial charge in [-0.2, -0.15) is 9.41 Å². The van der Waals surface area contributed by atoms with Crippen LogP contribution in [0.1, 0.15) is 38.8 Å². The maximum absolute atomic E-state index is 13.6. The van der Waals surface area contributed by atoms with Crippen LogP contribution in [0.5, 0.6) is 0 Å². The van der Waals surface area contributed by atoms with Crippen LogP contribution in [0.2, 0.25) is 5.02 Å². The van der Waals surface area contributed by atoms with Crippen molar-refractivity contribution < 1.29 is 17.6 Å². The van der Waals surface area contributed by atoms with Crippen molar-refractivity contribution in [1.82, 2.24) is 19.1 Å². The second kappa shape index (κ2) is 11.5. The highest BCUT2D eigenvalue weighted by Crippen LogP contribution is 2.23. The van der Waals surface area contributed by atoms with Crippen molar-refractivity contribution in [2.75, 3.05) is 0 Å². The second-order valence-electron chi connectivity index (χ2n) is 9.19. The molecule has 2 aromatic carbocycles. The maximum atomic E-state index is 13.6. The SMILES string of the molecule is Cc1ccc(CN(Cc2ccc(/C=N/NC(=O)c3c(C)nc4ccccn34)o2)S(=O)(=O)c2ccc(Cl)cc2)cc1.